The summed E-state index contributed by atoms with van der Waals surface area (Å²) in [4.78, 5) is 2.45. The van der Waals surface area contributed by atoms with Gasteiger partial charge in [0.2, 0.25) is 10.0 Å². The highest BCUT2D eigenvalue weighted by molar-refractivity contribution is 7.88. The van der Waals surface area contributed by atoms with Gasteiger partial charge in [0, 0.05) is 32.6 Å². The minimum absolute atomic E-state index is 0.0792. The summed E-state index contributed by atoms with van der Waals surface area (Å²) in [7, 11) is -3.34. The standard InChI is InChI=1S/C21H33N5O2S/c1-14(2)20(24-29(6,27)28)21-23-22-19-7-8-25(9-10-26(19)21)13-18-12-16(4)15(3)11-17(18)5/h11-12,14,20,24H,7-10,13H2,1-6H3. The van der Waals surface area contributed by atoms with Gasteiger partial charge < -0.3 is 4.57 Å². The molecule has 1 unspecified atom stereocenters. The van der Waals surface area contributed by atoms with Gasteiger partial charge in [-0.2, -0.15) is 0 Å². The smallest absolute Gasteiger partial charge is 0.209 e. The number of benzene rings is 1. The van der Waals surface area contributed by atoms with Crippen LogP contribution in [0.15, 0.2) is 12.1 Å². The van der Waals surface area contributed by atoms with Crippen molar-refractivity contribution in [2.24, 2.45) is 5.92 Å². The summed E-state index contributed by atoms with van der Waals surface area (Å²) in [6.07, 6.45) is 2.00. The highest BCUT2D eigenvalue weighted by atomic mass is 32.2. The van der Waals surface area contributed by atoms with Gasteiger partial charge in [-0.05, 0) is 48.9 Å². The molecule has 0 fully saturated rings. The maximum absolute atomic E-state index is 11.8. The minimum Gasteiger partial charge on any atom is -0.312 e. The van der Waals surface area contributed by atoms with E-state index in [1.807, 2.05) is 13.8 Å². The van der Waals surface area contributed by atoms with Crippen molar-refractivity contribution < 1.29 is 8.42 Å². The number of hydrogen-bond donors (Lipinski definition) is 1. The Labute approximate surface area is 174 Å². The molecule has 0 bridgehead atoms. The van der Waals surface area contributed by atoms with Crippen molar-refractivity contribution in [3.05, 3.63) is 46.0 Å². The van der Waals surface area contributed by atoms with Crippen LogP contribution in [0.2, 0.25) is 0 Å². The molecule has 1 N–H and O–H groups in total. The Balaban J connectivity index is 1.78. The number of fused-ring (bicyclic) bond motifs is 1. The van der Waals surface area contributed by atoms with Gasteiger partial charge in [0.1, 0.15) is 5.82 Å². The van der Waals surface area contributed by atoms with E-state index in [4.69, 9.17) is 0 Å². The number of rotatable bonds is 6. The van der Waals surface area contributed by atoms with Gasteiger partial charge in [0.05, 0.1) is 12.3 Å². The first-order chi connectivity index (χ1) is 13.5. The lowest BCUT2D eigenvalue weighted by molar-refractivity contribution is 0.268. The van der Waals surface area contributed by atoms with E-state index in [0.29, 0.717) is 5.82 Å². The average molecular weight is 420 g/mol. The van der Waals surface area contributed by atoms with Crippen molar-refractivity contribution in [1.82, 2.24) is 24.4 Å². The van der Waals surface area contributed by atoms with Gasteiger partial charge in [0.25, 0.3) is 0 Å². The molecule has 1 atom stereocenters. The number of hydrogen-bond acceptors (Lipinski definition) is 5. The molecule has 0 saturated heterocycles. The van der Waals surface area contributed by atoms with Crippen LogP contribution in [-0.2, 0) is 29.5 Å². The van der Waals surface area contributed by atoms with Crippen LogP contribution in [0.5, 0.6) is 0 Å². The number of nitrogens with one attached hydrogen (secondary N) is 1. The van der Waals surface area contributed by atoms with E-state index >= 15 is 0 Å². The molecule has 1 aromatic heterocycles. The predicted molar refractivity (Wildman–Crippen MR) is 115 cm³/mol. The van der Waals surface area contributed by atoms with E-state index < -0.39 is 10.0 Å². The van der Waals surface area contributed by atoms with Gasteiger partial charge in [-0.25, -0.2) is 13.1 Å². The first-order valence-corrected chi connectivity index (χ1v) is 12.1. The van der Waals surface area contributed by atoms with Crippen molar-refractivity contribution in [1.29, 1.82) is 0 Å². The number of aromatic nitrogens is 3. The molecule has 1 aromatic carbocycles. The zero-order valence-corrected chi connectivity index (χ0v) is 19.2. The summed E-state index contributed by atoms with van der Waals surface area (Å²) in [5.74, 6) is 1.72. The van der Waals surface area contributed by atoms with Crippen molar-refractivity contribution in [3.8, 4) is 0 Å². The second kappa shape index (κ2) is 8.53. The van der Waals surface area contributed by atoms with Crippen LogP contribution in [0.4, 0.5) is 0 Å². The summed E-state index contributed by atoms with van der Waals surface area (Å²) >= 11 is 0. The molecule has 0 aliphatic carbocycles. The Morgan fingerprint density at radius 2 is 1.72 bits per heavy atom. The fourth-order valence-electron chi connectivity index (χ4n) is 3.93. The first-order valence-electron chi connectivity index (χ1n) is 10.2. The van der Waals surface area contributed by atoms with Crippen LogP contribution >= 0.6 is 0 Å². The summed E-state index contributed by atoms with van der Waals surface area (Å²) in [6, 6.07) is 4.19. The lowest BCUT2D eigenvalue weighted by Crippen LogP contribution is -2.33. The molecule has 0 spiro atoms. The third-order valence-corrected chi connectivity index (χ3v) is 6.46. The van der Waals surface area contributed by atoms with E-state index in [9.17, 15) is 8.42 Å². The molecule has 2 heterocycles. The van der Waals surface area contributed by atoms with Crippen LogP contribution in [0, 0.1) is 26.7 Å². The van der Waals surface area contributed by atoms with E-state index in [1.54, 1.807) is 0 Å². The molecule has 2 aromatic rings. The topological polar surface area (TPSA) is 80.1 Å². The molecule has 0 radical (unpaired) electrons. The summed E-state index contributed by atoms with van der Waals surface area (Å²) in [5, 5.41) is 8.74. The van der Waals surface area contributed by atoms with Gasteiger partial charge in [-0.3, -0.25) is 4.90 Å². The molecule has 0 amide bonds. The zero-order chi connectivity index (χ0) is 21.3. The van der Waals surface area contributed by atoms with Gasteiger partial charge >= 0.3 is 0 Å². The second-order valence-electron chi connectivity index (χ2n) is 8.63. The van der Waals surface area contributed by atoms with Crippen molar-refractivity contribution in [3.63, 3.8) is 0 Å². The molecular formula is C21H33N5O2S. The Kier molecular flexibility index (Phi) is 6.45. The van der Waals surface area contributed by atoms with E-state index in [0.717, 1.165) is 38.4 Å². The Morgan fingerprint density at radius 3 is 2.38 bits per heavy atom. The van der Waals surface area contributed by atoms with Crippen molar-refractivity contribution in [2.75, 3.05) is 19.3 Å². The normalized spacial score (nSPS) is 16.7. The van der Waals surface area contributed by atoms with E-state index in [-0.39, 0.29) is 12.0 Å². The quantitative estimate of drug-likeness (QED) is 0.778. The van der Waals surface area contributed by atoms with Crippen LogP contribution in [0.1, 0.15) is 53.8 Å². The molecule has 160 valence electrons. The van der Waals surface area contributed by atoms with Gasteiger partial charge in [0.15, 0.2) is 5.82 Å². The molecule has 3 rings (SSSR count). The molecule has 0 saturated carbocycles. The summed E-state index contributed by atoms with van der Waals surface area (Å²) in [5.41, 5.74) is 5.35. The average Bonchev–Trinajstić information content (AvgIpc) is 2.90. The lowest BCUT2D eigenvalue weighted by Gasteiger charge is -2.23. The van der Waals surface area contributed by atoms with Gasteiger partial charge in [-0.1, -0.05) is 26.0 Å². The minimum atomic E-state index is -3.34. The second-order valence-corrected chi connectivity index (χ2v) is 10.4. The Bertz CT molecular complexity index is 981. The molecule has 7 nitrogen and oxygen atoms in total. The van der Waals surface area contributed by atoms with Crippen molar-refractivity contribution in [2.45, 2.75) is 60.2 Å². The predicted octanol–water partition coefficient (Wildman–Crippen LogP) is 2.51. The van der Waals surface area contributed by atoms with E-state index in [1.165, 1.54) is 28.5 Å². The molecule has 8 heteroatoms. The molecule has 29 heavy (non-hydrogen) atoms. The van der Waals surface area contributed by atoms with Crippen LogP contribution in [-0.4, -0.2) is 47.4 Å². The summed E-state index contributed by atoms with van der Waals surface area (Å²) in [6.45, 7) is 14.0. The highest BCUT2D eigenvalue weighted by Gasteiger charge is 2.28. The number of aryl methyl sites for hydroxylation is 3. The maximum Gasteiger partial charge on any atom is 0.209 e. The maximum atomic E-state index is 11.8. The number of nitrogens with zero attached hydrogens (tertiary/aromatic N) is 4. The third-order valence-electron chi connectivity index (χ3n) is 5.78. The third kappa shape index (κ3) is 5.24. The Morgan fingerprint density at radius 1 is 1.03 bits per heavy atom. The zero-order valence-electron chi connectivity index (χ0n) is 18.4. The van der Waals surface area contributed by atoms with Gasteiger partial charge in [-0.15, -0.1) is 10.2 Å². The van der Waals surface area contributed by atoms with Crippen LogP contribution < -0.4 is 4.72 Å². The van der Waals surface area contributed by atoms with E-state index in [2.05, 4.69) is 57.3 Å². The monoisotopic (exact) mass is 419 g/mol. The fourth-order valence-corrected chi connectivity index (χ4v) is 4.77. The SMILES string of the molecule is Cc1cc(C)c(CN2CCc3nnc(C(NS(C)(=O)=O)C(C)C)n3CC2)cc1C. The molecular weight excluding hydrogens is 386 g/mol. The van der Waals surface area contributed by atoms with Crippen LogP contribution in [0.25, 0.3) is 0 Å². The summed E-state index contributed by atoms with van der Waals surface area (Å²) < 4.78 is 28.5. The largest absolute Gasteiger partial charge is 0.312 e. The van der Waals surface area contributed by atoms with Crippen molar-refractivity contribution >= 4 is 10.0 Å². The Hall–Kier alpha value is -1.77. The lowest BCUT2D eigenvalue weighted by atomic mass is 10.0. The first kappa shape index (κ1) is 21.9. The fraction of sp³-hybridized carbons (Fsp3) is 0.619. The van der Waals surface area contributed by atoms with Crippen LogP contribution in [0.3, 0.4) is 0 Å². The molecule has 1 aliphatic rings. The molecule has 1 aliphatic heterocycles. The highest BCUT2D eigenvalue weighted by Crippen LogP contribution is 2.24. The number of sulfonamides is 1.